The quantitative estimate of drug-likeness (QED) is 0.788. The molecule has 1 aliphatic carbocycles. The van der Waals surface area contributed by atoms with E-state index in [4.69, 9.17) is 4.98 Å². The fourth-order valence-electron chi connectivity index (χ4n) is 5.14. The zero-order valence-corrected chi connectivity index (χ0v) is 18.4. The van der Waals surface area contributed by atoms with Gasteiger partial charge in [-0.3, -0.25) is 4.79 Å². The zero-order valence-electron chi connectivity index (χ0n) is 18.4. The summed E-state index contributed by atoms with van der Waals surface area (Å²) in [5, 5.41) is 10.9. The number of pyridine rings is 2. The molecule has 2 aromatic rings. The highest BCUT2D eigenvalue weighted by Gasteiger charge is 2.32. The van der Waals surface area contributed by atoms with Crippen molar-refractivity contribution in [3.05, 3.63) is 51.5 Å². The third-order valence-electron chi connectivity index (χ3n) is 6.93. The number of nitrogens with zero attached hydrogens (tertiary/aromatic N) is 4. The molecule has 5 rings (SSSR count). The Balaban J connectivity index is 1.70. The van der Waals surface area contributed by atoms with E-state index >= 15 is 0 Å². The highest BCUT2D eigenvalue weighted by molar-refractivity contribution is 5.93. The van der Waals surface area contributed by atoms with E-state index < -0.39 is 18.4 Å². The number of aliphatic hydroxyl groups is 1. The molecule has 1 N–H and O–H groups in total. The SMILES string of the molecule is Cc1cc2c(N3CCCC4=C3CC(C(F)F)C=C4)nc(N3CCC(O)C3)cc2n(C)c1=O. The molecule has 3 aliphatic rings. The first kappa shape index (κ1) is 21.1. The lowest BCUT2D eigenvalue weighted by Gasteiger charge is -2.37. The van der Waals surface area contributed by atoms with Crippen LogP contribution < -0.4 is 15.4 Å². The molecule has 2 aromatic heterocycles. The first-order valence-electron chi connectivity index (χ1n) is 11.2. The molecule has 2 unspecified atom stereocenters. The Bertz CT molecular complexity index is 1190. The van der Waals surface area contributed by atoms with Crippen molar-refractivity contribution in [3.8, 4) is 0 Å². The number of β-amino-alcohol motifs (C(OH)–C–C–N with tert-alkyl or cyclic N) is 1. The molecule has 0 saturated carbocycles. The second kappa shape index (κ2) is 7.99. The van der Waals surface area contributed by atoms with E-state index in [9.17, 15) is 18.7 Å². The number of aromatic nitrogens is 2. The number of halogens is 2. The van der Waals surface area contributed by atoms with E-state index in [0.29, 0.717) is 43.3 Å². The fraction of sp³-hybridized carbons (Fsp3) is 0.500. The number of aliphatic hydroxyl groups excluding tert-OH is 1. The van der Waals surface area contributed by atoms with Crippen molar-refractivity contribution >= 4 is 22.5 Å². The lowest BCUT2D eigenvalue weighted by molar-refractivity contribution is 0.0987. The summed E-state index contributed by atoms with van der Waals surface area (Å²) in [6, 6.07) is 3.76. The van der Waals surface area contributed by atoms with E-state index in [0.717, 1.165) is 35.0 Å². The topological polar surface area (TPSA) is 61.6 Å². The first-order valence-corrected chi connectivity index (χ1v) is 11.2. The number of aryl methyl sites for hydroxylation is 2. The smallest absolute Gasteiger partial charge is 0.253 e. The van der Waals surface area contributed by atoms with Crippen LogP contribution in [0.25, 0.3) is 10.9 Å². The van der Waals surface area contributed by atoms with Crippen LogP contribution in [-0.4, -0.2) is 46.8 Å². The standard InChI is InChI=1S/C24H28F2N4O2/c1-14-10-18-20(28(2)24(14)32)12-21(29-9-7-17(31)13-29)27-23(18)30-8-3-4-15-5-6-16(22(25)26)11-19(15)30/h5-6,10,12,16-17,22,31H,3-4,7-9,11,13H2,1-2H3. The highest BCUT2D eigenvalue weighted by atomic mass is 19.3. The molecule has 32 heavy (non-hydrogen) atoms. The van der Waals surface area contributed by atoms with Gasteiger partial charge in [-0.2, -0.15) is 0 Å². The maximum absolute atomic E-state index is 13.5. The van der Waals surface area contributed by atoms with Crippen molar-refractivity contribution in [2.75, 3.05) is 29.4 Å². The van der Waals surface area contributed by atoms with Crippen LogP contribution in [0.5, 0.6) is 0 Å². The lowest BCUT2D eigenvalue weighted by Crippen LogP contribution is -2.34. The molecule has 0 aromatic carbocycles. The van der Waals surface area contributed by atoms with Gasteiger partial charge in [0.25, 0.3) is 5.56 Å². The maximum atomic E-state index is 13.5. The largest absolute Gasteiger partial charge is 0.391 e. The van der Waals surface area contributed by atoms with Crippen molar-refractivity contribution in [2.24, 2.45) is 13.0 Å². The van der Waals surface area contributed by atoms with Crippen molar-refractivity contribution in [3.63, 3.8) is 0 Å². The summed E-state index contributed by atoms with van der Waals surface area (Å²) >= 11 is 0. The number of rotatable bonds is 3. The predicted molar refractivity (Wildman–Crippen MR) is 121 cm³/mol. The van der Waals surface area contributed by atoms with Crippen LogP contribution >= 0.6 is 0 Å². The molecule has 1 fully saturated rings. The Kier molecular flexibility index (Phi) is 5.28. The van der Waals surface area contributed by atoms with Gasteiger partial charge in [0.05, 0.1) is 11.6 Å². The minimum atomic E-state index is -2.41. The van der Waals surface area contributed by atoms with Crippen LogP contribution in [0.1, 0.15) is 31.2 Å². The van der Waals surface area contributed by atoms with Gasteiger partial charge in [0.15, 0.2) is 0 Å². The molecular formula is C24H28F2N4O2. The van der Waals surface area contributed by atoms with Crippen LogP contribution in [0.3, 0.4) is 0 Å². The Morgan fingerprint density at radius 1 is 1.25 bits per heavy atom. The molecule has 0 radical (unpaired) electrons. The third-order valence-corrected chi connectivity index (χ3v) is 6.93. The van der Waals surface area contributed by atoms with Gasteiger partial charge in [-0.1, -0.05) is 12.2 Å². The Hall–Kier alpha value is -2.74. The maximum Gasteiger partial charge on any atom is 0.253 e. The molecule has 1 saturated heterocycles. The van der Waals surface area contributed by atoms with Gasteiger partial charge in [0.1, 0.15) is 11.6 Å². The molecule has 8 heteroatoms. The summed E-state index contributed by atoms with van der Waals surface area (Å²) in [5.74, 6) is 0.601. The Labute approximate surface area is 185 Å². The first-order chi connectivity index (χ1) is 15.3. The van der Waals surface area contributed by atoms with E-state index in [1.807, 2.05) is 23.1 Å². The molecule has 4 heterocycles. The van der Waals surface area contributed by atoms with E-state index in [1.54, 1.807) is 24.6 Å². The van der Waals surface area contributed by atoms with Gasteiger partial charge >= 0.3 is 0 Å². The summed E-state index contributed by atoms with van der Waals surface area (Å²) in [6.07, 6.45) is 3.40. The molecule has 0 spiro atoms. The van der Waals surface area contributed by atoms with Crippen LogP contribution in [-0.2, 0) is 7.05 Å². The van der Waals surface area contributed by atoms with Crippen LogP contribution in [0.15, 0.2) is 40.3 Å². The van der Waals surface area contributed by atoms with Gasteiger partial charge in [-0.05, 0) is 44.2 Å². The number of anilines is 2. The summed E-state index contributed by atoms with van der Waals surface area (Å²) in [7, 11) is 1.75. The second-order valence-electron chi connectivity index (χ2n) is 9.11. The minimum Gasteiger partial charge on any atom is -0.391 e. The summed E-state index contributed by atoms with van der Waals surface area (Å²) < 4.78 is 28.7. The normalized spacial score (nSPS) is 23.6. The average Bonchev–Trinajstić information content (AvgIpc) is 3.22. The number of hydrogen-bond donors (Lipinski definition) is 1. The van der Waals surface area contributed by atoms with Crippen molar-refractivity contribution < 1.29 is 13.9 Å². The number of allylic oxidation sites excluding steroid dienone is 4. The minimum absolute atomic E-state index is 0.0704. The van der Waals surface area contributed by atoms with Crippen LogP contribution in [0, 0.1) is 12.8 Å². The Morgan fingerprint density at radius 3 is 2.78 bits per heavy atom. The zero-order chi connectivity index (χ0) is 22.6. The van der Waals surface area contributed by atoms with E-state index in [1.165, 1.54) is 0 Å². The monoisotopic (exact) mass is 442 g/mol. The van der Waals surface area contributed by atoms with Crippen molar-refractivity contribution in [1.29, 1.82) is 0 Å². The Morgan fingerprint density at radius 2 is 2.06 bits per heavy atom. The van der Waals surface area contributed by atoms with Crippen molar-refractivity contribution in [2.45, 2.75) is 45.1 Å². The van der Waals surface area contributed by atoms with E-state index in [2.05, 4.69) is 4.90 Å². The summed E-state index contributed by atoms with van der Waals surface area (Å²) in [6.45, 7) is 3.65. The lowest BCUT2D eigenvalue weighted by atomic mass is 9.88. The van der Waals surface area contributed by atoms with Crippen LogP contribution in [0.2, 0.25) is 0 Å². The molecule has 170 valence electrons. The average molecular weight is 443 g/mol. The van der Waals surface area contributed by atoms with Gasteiger partial charge in [0.2, 0.25) is 6.43 Å². The summed E-state index contributed by atoms with van der Waals surface area (Å²) in [4.78, 5) is 21.8. The third kappa shape index (κ3) is 3.50. The van der Waals surface area contributed by atoms with Gasteiger partial charge in [-0.15, -0.1) is 0 Å². The van der Waals surface area contributed by atoms with Gasteiger partial charge in [0, 0.05) is 55.3 Å². The molecule has 2 aliphatic heterocycles. The van der Waals surface area contributed by atoms with E-state index in [-0.39, 0.29) is 12.0 Å². The molecule has 0 amide bonds. The fourth-order valence-corrected chi connectivity index (χ4v) is 5.14. The van der Waals surface area contributed by atoms with Gasteiger partial charge in [-0.25, -0.2) is 13.8 Å². The van der Waals surface area contributed by atoms with Crippen molar-refractivity contribution in [1.82, 2.24) is 9.55 Å². The molecular weight excluding hydrogens is 414 g/mol. The number of fused-ring (bicyclic) bond motifs is 1. The number of hydrogen-bond acceptors (Lipinski definition) is 5. The second-order valence-corrected chi connectivity index (χ2v) is 9.11. The predicted octanol–water partition coefficient (Wildman–Crippen LogP) is 3.51. The van der Waals surface area contributed by atoms with Crippen LogP contribution in [0.4, 0.5) is 20.4 Å². The molecule has 6 nitrogen and oxygen atoms in total. The van der Waals surface area contributed by atoms with Gasteiger partial charge < -0.3 is 19.5 Å². The molecule has 2 atom stereocenters. The molecule has 0 bridgehead atoms. The summed E-state index contributed by atoms with van der Waals surface area (Å²) in [5.41, 5.74) is 3.30. The number of alkyl halides is 2. The highest BCUT2D eigenvalue weighted by Crippen LogP contribution is 2.40.